The van der Waals surface area contributed by atoms with E-state index >= 15 is 0 Å². The predicted molar refractivity (Wildman–Crippen MR) is 68.8 cm³/mol. The highest BCUT2D eigenvalue weighted by Gasteiger charge is 2.11. The van der Waals surface area contributed by atoms with E-state index in [-0.39, 0.29) is 0 Å². The number of carbonyl (C=O) groups is 1. The van der Waals surface area contributed by atoms with Gasteiger partial charge in [0.2, 0.25) is 0 Å². The van der Waals surface area contributed by atoms with Crippen molar-refractivity contribution in [1.29, 1.82) is 0 Å². The average Bonchev–Trinajstić information content (AvgIpc) is 2.90. The monoisotopic (exact) mass is 265 g/mol. The Morgan fingerprint density at radius 2 is 2.28 bits per heavy atom. The van der Waals surface area contributed by atoms with Gasteiger partial charge in [0.15, 0.2) is 0 Å². The third kappa shape index (κ3) is 2.84. The number of methoxy groups -OCH3 is 1. The summed E-state index contributed by atoms with van der Waals surface area (Å²) in [5.41, 5.74) is 2.15. The van der Waals surface area contributed by atoms with Crippen molar-refractivity contribution in [2.45, 2.75) is 6.54 Å². The van der Waals surface area contributed by atoms with Gasteiger partial charge in [0.05, 0.1) is 30.2 Å². The molecule has 0 atom stereocenters. The van der Waals surface area contributed by atoms with Crippen molar-refractivity contribution in [3.63, 3.8) is 0 Å². The number of ether oxygens (including phenoxy) is 1. The molecular formula is C13H12ClNO3. The maximum absolute atomic E-state index is 11.5. The molecule has 0 amide bonds. The van der Waals surface area contributed by atoms with Crippen LogP contribution in [0.25, 0.3) is 0 Å². The van der Waals surface area contributed by atoms with Crippen LogP contribution in [-0.4, -0.2) is 13.1 Å². The number of halogens is 1. The fourth-order valence-corrected chi connectivity index (χ4v) is 1.69. The average molecular weight is 266 g/mol. The van der Waals surface area contributed by atoms with Gasteiger partial charge in [-0.2, -0.15) is 0 Å². The number of anilines is 1. The van der Waals surface area contributed by atoms with Gasteiger partial charge in [0.1, 0.15) is 0 Å². The van der Waals surface area contributed by atoms with E-state index in [1.807, 2.05) is 6.07 Å². The molecule has 0 unspecified atom stereocenters. The molecule has 0 aliphatic rings. The highest BCUT2D eigenvalue weighted by molar-refractivity contribution is 6.33. The first-order valence-electron chi connectivity index (χ1n) is 5.33. The first kappa shape index (κ1) is 12.5. The normalized spacial score (nSPS) is 10.1. The predicted octanol–water partition coefficient (Wildman–Crippen LogP) is 3.33. The Kier molecular flexibility index (Phi) is 3.89. The van der Waals surface area contributed by atoms with Crippen LogP contribution >= 0.6 is 11.6 Å². The number of carbonyl (C=O) groups excluding carboxylic acids is 1. The molecule has 2 rings (SSSR count). The van der Waals surface area contributed by atoms with Crippen LogP contribution in [0.15, 0.2) is 41.2 Å². The van der Waals surface area contributed by atoms with Crippen molar-refractivity contribution < 1.29 is 13.9 Å². The second-order valence-electron chi connectivity index (χ2n) is 3.67. The van der Waals surface area contributed by atoms with Crippen LogP contribution in [0.1, 0.15) is 15.9 Å². The molecule has 1 aromatic heterocycles. The van der Waals surface area contributed by atoms with Crippen LogP contribution < -0.4 is 5.32 Å². The smallest absolute Gasteiger partial charge is 0.339 e. The van der Waals surface area contributed by atoms with Crippen LogP contribution in [0.4, 0.5) is 5.69 Å². The van der Waals surface area contributed by atoms with Crippen molar-refractivity contribution >= 4 is 23.3 Å². The Morgan fingerprint density at radius 3 is 2.94 bits per heavy atom. The lowest BCUT2D eigenvalue weighted by Crippen LogP contribution is -2.04. The summed E-state index contributed by atoms with van der Waals surface area (Å²) in [6, 6.07) is 6.98. The van der Waals surface area contributed by atoms with E-state index < -0.39 is 5.97 Å². The standard InChI is InChI=1S/C13H12ClNO3/c1-17-13(16)11-6-10(2-3-12(11)14)15-7-9-4-5-18-8-9/h2-6,8,15H,7H2,1H3. The Bertz CT molecular complexity index is 537. The molecule has 18 heavy (non-hydrogen) atoms. The molecule has 0 radical (unpaired) electrons. The Morgan fingerprint density at radius 1 is 1.44 bits per heavy atom. The number of hydrogen-bond donors (Lipinski definition) is 1. The number of esters is 1. The molecule has 94 valence electrons. The van der Waals surface area contributed by atoms with Crippen molar-refractivity contribution in [1.82, 2.24) is 0 Å². The molecule has 0 saturated carbocycles. The zero-order chi connectivity index (χ0) is 13.0. The fraction of sp³-hybridized carbons (Fsp3) is 0.154. The molecule has 0 aliphatic heterocycles. The molecule has 5 heteroatoms. The highest BCUT2D eigenvalue weighted by Crippen LogP contribution is 2.21. The minimum Gasteiger partial charge on any atom is -0.472 e. The summed E-state index contributed by atoms with van der Waals surface area (Å²) in [7, 11) is 1.32. The molecule has 1 N–H and O–H groups in total. The molecule has 2 aromatic rings. The van der Waals surface area contributed by atoms with Crippen molar-refractivity contribution in [3.8, 4) is 0 Å². The van der Waals surface area contributed by atoms with Gasteiger partial charge in [-0.3, -0.25) is 0 Å². The minimum atomic E-state index is -0.452. The van der Waals surface area contributed by atoms with E-state index in [1.165, 1.54) is 7.11 Å². The summed E-state index contributed by atoms with van der Waals surface area (Å²) in [5, 5.41) is 3.54. The second-order valence-corrected chi connectivity index (χ2v) is 4.08. The molecule has 0 fully saturated rings. The Labute approximate surface area is 110 Å². The highest BCUT2D eigenvalue weighted by atomic mass is 35.5. The van der Waals surface area contributed by atoms with Crippen LogP contribution in [0.5, 0.6) is 0 Å². The van der Waals surface area contributed by atoms with Crippen molar-refractivity contribution in [2.24, 2.45) is 0 Å². The quantitative estimate of drug-likeness (QED) is 0.862. The van der Waals surface area contributed by atoms with Gasteiger partial charge in [-0.25, -0.2) is 4.79 Å². The van der Waals surface area contributed by atoms with Gasteiger partial charge in [-0.15, -0.1) is 0 Å². The van der Waals surface area contributed by atoms with Crippen LogP contribution in [0.3, 0.4) is 0 Å². The zero-order valence-corrected chi connectivity index (χ0v) is 10.5. The van der Waals surface area contributed by atoms with Gasteiger partial charge in [-0.05, 0) is 24.3 Å². The summed E-state index contributed by atoms with van der Waals surface area (Å²) < 4.78 is 9.62. The minimum absolute atomic E-state index is 0.344. The lowest BCUT2D eigenvalue weighted by Gasteiger charge is -2.08. The van der Waals surface area contributed by atoms with E-state index in [0.717, 1.165) is 11.3 Å². The third-order valence-corrected chi connectivity index (χ3v) is 2.78. The summed E-state index contributed by atoms with van der Waals surface area (Å²) in [6.45, 7) is 0.610. The second kappa shape index (κ2) is 5.60. The van der Waals surface area contributed by atoms with E-state index in [0.29, 0.717) is 17.1 Å². The number of hydrogen-bond acceptors (Lipinski definition) is 4. The van der Waals surface area contributed by atoms with Crippen molar-refractivity contribution in [3.05, 3.63) is 52.9 Å². The SMILES string of the molecule is COC(=O)c1cc(NCc2ccoc2)ccc1Cl. The number of nitrogens with one attached hydrogen (secondary N) is 1. The number of benzene rings is 1. The number of furan rings is 1. The van der Waals surface area contributed by atoms with Crippen LogP contribution in [0.2, 0.25) is 5.02 Å². The largest absolute Gasteiger partial charge is 0.472 e. The van der Waals surface area contributed by atoms with Gasteiger partial charge in [0, 0.05) is 17.8 Å². The van der Waals surface area contributed by atoms with E-state index in [9.17, 15) is 4.79 Å². The van der Waals surface area contributed by atoms with E-state index in [2.05, 4.69) is 10.1 Å². The van der Waals surface area contributed by atoms with Crippen LogP contribution in [0, 0.1) is 0 Å². The lowest BCUT2D eigenvalue weighted by atomic mass is 10.2. The molecule has 1 aromatic carbocycles. The summed E-state index contributed by atoms with van der Waals surface area (Å²) in [4.78, 5) is 11.5. The Hall–Kier alpha value is -1.94. The summed E-state index contributed by atoms with van der Waals surface area (Å²) >= 11 is 5.93. The van der Waals surface area contributed by atoms with E-state index in [1.54, 1.807) is 30.7 Å². The maximum Gasteiger partial charge on any atom is 0.339 e. The molecule has 4 nitrogen and oxygen atoms in total. The van der Waals surface area contributed by atoms with Gasteiger partial charge in [0.25, 0.3) is 0 Å². The first-order valence-corrected chi connectivity index (χ1v) is 5.71. The summed E-state index contributed by atoms with van der Waals surface area (Å²) in [5.74, 6) is -0.452. The maximum atomic E-state index is 11.5. The molecule has 0 bridgehead atoms. The Balaban J connectivity index is 2.12. The molecule has 0 saturated heterocycles. The van der Waals surface area contributed by atoms with Gasteiger partial charge in [-0.1, -0.05) is 11.6 Å². The number of rotatable bonds is 4. The topological polar surface area (TPSA) is 51.5 Å². The zero-order valence-electron chi connectivity index (χ0n) is 9.77. The van der Waals surface area contributed by atoms with E-state index in [4.69, 9.17) is 16.0 Å². The molecule has 0 spiro atoms. The molecular weight excluding hydrogens is 254 g/mol. The summed E-state index contributed by atoms with van der Waals surface area (Å²) in [6.07, 6.45) is 3.27. The van der Waals surface area contributed by atoms with Gasteiger partial charge < -0.3 is 14.5 Å². The lowest BCUT2D eigenvalue weighted by molar-refractivity contribution is 0.0601. The first-order chi connectivity index (χ1) is 8.70. The van der Waals surface area contributed by atoms with Crippen LogP contribution in [-0.2, 0) is 11.3 Å². The van der Waals surface area contributed by atoms with Gasteiger partial charge >= 0.3 is 5.97 Å². The molecule has 0 aliphatic carbocycles. The third-order valence-electron chi connectivity index (χ3n) is 2.45. The fourth-order valence-electron chi connectivity index (χ4n) is 1.50. The van der Waals surface area contributed by atoms with Crippen molar-refractivity contribution in [2.75, 3.05) is 12.4 Å². The molecule has 1 heterocycles.